The summed E-state index contributed by atoms with van der Waals surface area (Å²) >= 11 is 0. The Labute approximate surface area is 109 Å². The van der Waals surface area contributed by atoms with Gasteiger partial charge in [-0.25, -0.2) is 0 Å². The van der Waals surface area contributed by atoms with Crippen molar-refractivity contribution in [3.63, 3.8) is 0 Å². The number of methoxy groups -OCH3 is 1. The largest absolute Gasteiger partial charge is 0.497 e. The molecule has 2 bridgehead atoms. The van der Waals surface area contributed by atoms with Crippen LogP contribution in [0.4, 0.5) is 0 Å². The molecule has 0 aliphatic carbocycles. The lowest BCUT2D eigenvalue weighted by Gasteiger charge is -2.36. The van der Waals surface area contributed by atoms with Crippen LogP contribution in [0, 0.1) is 0 Å². The molecule has 3 rings (SSSR count). The second kappa shape index (κ2) is 4.81. The Kier molecular flexibility index (Phi) is 3.16. The van der Waals surface area contributed by atoms with Crippen LogP contribution in [0.15, 0.2) is 24.3 Å². The number of fused-ring (bicyclic) bond motifs is 2. The quantitative estimate of drug-likeness (QED) is 0.819. The molecule has 1 unspecified atom stereocenters. The number of benzene rings is 1. The fourth-order valence-electron chi connectivity index (χ4n) is 3.30. The molecule has 3 nitrogen and oxygen atoms in total. The van der Waals surface area contributed by atoms with E-state index in [4.69, 9.17) is 9.47 Å². The number of rotatable bonds is 3. The molecular formula is C15H21NO2. The van der Waals surface area contributed by atoms with Crippen molar-refractivity contribution in [3.8, 4) is 11.5 Å². The third-order valence-corrected chi connectivity index (χ3v) is 4.42. The minimum absolute atomic E-state index is 0.382. The first-order valence-electron chi connectivity index (χ1n) is 6.79. The van der Waals surface area contributed by atoms with E-state index in [2.05, 4.69) is 11.9 Å². The van der Waals surface area contributed by atoms with Gasteiger partial charge in [-0.05, 0) is 57.0 Å². The first-order valence-corrected chi connectivity index (χ1v) is 6.79. The molecule has 3 heteroatoms. The summed E-state index contributed by atoms with van der Waals surface area (Å²) < 4.78 is 11.3. The summed E-state index contributed by atoms with van der Waals surface area (Å²) in [4.78, 5) is 2.54. The molecule has 2 saturated heterocycles. The molecule has 98 valence electrons. The summed E-state index contributed by atoms with van der Waals surface area (Å²) in [6.07, 6.45) is 5.39. The highest BCUT2D eigenvalue weighted by Crippen LogP contribution is 2.36. The number of hydrogen-bond acceptors (Lipinski definition) is 3. The molecule has 3 atom stereocenters. The summed E-state index contributed by atoms with van der Waals surface area (Å²) in [5.41, 5.74) is 0. The van der Waals surface area contributed by atoms with Gasteiger partial charge in [0.05, 0.1) is 7.11 Å². The molecule has 18 heavy (non-hydrogen) atoms. The van der Waals surface area contributed by atoms with Gasteiger partial charge in [-0.1, -0.05) is 0 Å². The van der Waals surface area contributed by atoms with Gasteiger partial charge < -0.3 is 14.4 Å². The molecular weight excluding hydrogens is 226 g/mol. The predicted octanol–water partition coefficient (Wildman–Crippen LogP) is 2.70. The zero-order chi connectivity index (χ0) is 12.5. The number of nitrogens with zero attached hydrogens (tertiary/aromatic N) is 1. The maximum Gasteiger partial charge on any atom is 0.119 e. The lowest BCUT2D eigenvalue weighted by molar-refractivity contribution is 0.0661. The van der Waals surface area contributed by atoms with E-state index in [0.29, 0.717) is 6.10 Å². The van der Waals surface area contributed by atoms with Gasteiger partial charge in [0.15, 0.2) is 0 Å². The lowest BCUT2D eigenvalue weighted by Crippen LogP contribution is -2.43. The van der Waals surface area contributed by atoms with E-state index in [1.54, 1.807) is 7.11 Å². The van der Waals surface area contributed by atoms with Crippen molar-refractivity contribution in [1.29, 1.82) is 0 Å². The Balaban J connectivity index is 1.63. The van der Waals surface area contributed by atoms with Crippen LogP contribution >= 0.6 is 0 Å². The number of ether oxygens (including phenoxy) is 2. The summed E-state index contributed by atoms with van der Waals surface area (Å²) in [5, 5.41) is 0. The Morgan fingerprint density at radius 1 is 1.00 bits per heavy atom. The SMILES string of the molecule is COc1ccc(OC2C[C@H]3CC[C@@H](C2)N3C)cc1. The van der Waals surface area contributed by atoms with Crippen molar-refractivity contribution in [2.24, 2.45) is 0 Å². The predicted molar refractivity (Wildman–Crippen MR) is 71.2 cm³/mol. The monoisotopic (exact) mass is 247 g/mol. The van der Waals surface area contributed by atoms with Gasteiger partial charge in [0, 0.05) is 12.1 Å². The van der Waals surface area contributed by atoms with Crippen LogP contribution in [0.5, 0.6) is 11.5 Å². The molecule has 2 aliphatic heterocycles. The summed E-state index contributed by atoms with van der Waals surface area (Å²) in [6, 6.07) is 9.37. The summed E-state index contributed by atoms with van der Waals surface area (Å²) in [5.74, 6) is 1.84. The van der Waals surface area contributed by atoms with Crippen LogP contribution in [-0.4, -0.2) is 37.2 Å². The normalized spacial score (nSPS) is 31.3. The summed E-state index contributed by atoms with van der Waals surface area (Å²) in [6.45, 7) is 0. The van der Waals surface area contributed by atoms with E-state index in [1.807, 2.05) is 24.3 Å². The van der Waals surface area contributed by atoms with E-state index in [1.165, 1.54) is 25.7 Å². The lowest BCUT2D eigenvalue weighted by atomic mass is 10.0. The Morgan fingerprint density at radius 3 is 2.11 bits per heavy atom. The second-order valence-electron chi connectivity index (χ2n) is 5.44. The molecule has 0 N–H and O–H groups in total. The van der Waals surface area contributed by atoms with E-state index >= 15 is 0 Å². The van der Waals surface area contributed by atoms with Crippen molar-refractivity contribution in [2.45, 2.75) is 43.9 Å². The van der Waals surface area contributed by atoms with Gasteiger partial charge in [0.25, 0.3) is 0 Å². The average molecular weight is 247 g/mol. The molecule has 0 spiro atoms. The van der Waals surface area contributed by atoms with Gasteiger partial charge in [-0.3, -0.25) is 0 Å². The Bertz CT molecular complexity index is 389. The second-order valence-corrected chi connectivity index (χ2v) is 5.44. The third-order valence-electron chi connectivity index (χ3n) is 4.42. The van der Waals surface area contributed by atoms with Crippen molar-refractivity contribution < 1.29 is 9.47 Å². The molecule has 0 amide bonds. The van der Waals surface area contributed by atoms with Crippen molar-refractivity contribution in [1.82, 2.24) is 4.90 Å². The molecule has 1 aromatic carbocycles. The van der Waals surface area contributed by atoms with Gasteiger partial charge in [0.2, 0.25) is 0 Å². The number of piperidine rings is 1. The fourth-order valence-corrected chi connectivity index (χ4v) is 3.30. The molecule has 0 saturated carbocycles. The van der Waals surface area contributed by atoms with E-state index in [9.17, 15) is 0 Å². The highest BCUT2D eigenvalue weighted by molar-refractivity contribution is 5.31. The molecule has 0 aromatic heterocycles. The zero-order valence-electron chi connectivity index (χ0n) is 11.1. The standard InChI is InChI=1S/C15H21NO2/c1-16-11-3-4-12(16)10-15(9-11)18-14-7-5-13(17-2)6-8-14/h5-8,11-12,15H,3-4,9-10H2,1-2H3/t11-,12+,15?. The van der Waals surface area contributed by atoms with Crippen LogP contribution in [0.3, 0.4) is 0 Å². The smallest absolute Gasteiger partial charge is 0.119 e. The van der Waals surface area contributed by atoms with E-state index in [-0.39, 0.29) is 0 Å². The molecule has 2 aliphatic rings. The van der Waals surface area contributed by atoms with Crippen molar-refractivity contribution >= 4 is 0 Å². The van der Waals surface area contributed by atoms with Gasteiger partial charge in [-0.2, -0.15) is 0 Å². The van der Waals surface area contributed by atoms with Crippen LogP contribution in [0.25, 0.3) is 0 Å². The van der Waals surface area contributed by atoms with Crippen molar-refractivity contribution in [3.05, 3.63) is 24.3 Å². The average Bonchev–Trinajstić information content (AvgIpc) is 2.63. The van der Waals surface area contributed by atoms with Crippen LogP contribution in [0.2, 0.25) is 0 Å². The van der Waals surface area contributed by atoms with Gasteiger partial charge >= 0.3 is 0 Å². The van der Waals surface area contributed by atoms with Crippen LogP contribution in [-0.2, 0) is 0 Å². The third kappa shape index (κ3) is 2.19. The van der Waals surface area contributed by atoms with E-state index in [0.717, 1.165) is 23.6 Å². The van der Waals surface area contributed by atoms with Gasteiger partial charge in [0.1, 0.15) is 17.6 Å². The zero-order valence-corrected chi connectivity index (χ0v) is 11.1. The molecule has 2 fully saturated rings. The maximum atomic E-state index is 6.10. The minimum atomic E-state index is 0.382. The van der Waals surface area contributed by atoms with Crippen LogP contribution < -0.4 is 9.47 Å². The highest BCUT2D eigenvalue weighted by atomic mass is 16.5. The van der Waals surface area contributed by atoms with E-state index < -0.39 is 0 Å². The summed E-state index contributed by atoms with van der Waals surface area (Å²) in [7, 11) is 3.94. The Morgan fingerprint density at radius 2 is 1.56 bits per heavy atom. The molecule has 0 radical (unpaired) electrons. The number of hydrogen-bond donors (Lipinski definition) is 0. The Hall–Kier alpha value is -1.22. The van der Waals surface area contributed by atoms with Crippen LogP contribution in [0.1, 0.15) is 25.7 Å². The molecule has 2 heterocycles. The topological polar surface area (TPSA) is 21.7 Å². The minimum Gasteiger partial charge on any atom is -0.497 e. The molecule has 1 aromatic rings. The first kappa shape index (κ1) is 11.8. The van der Waals surface area contributed by atoms with Gasteiger partial charge in [-0.15, -0.1) is 0 Å². The van der Waals surface area contributed by atoms with Crippen molar-refractivity contribution in [2.75, 3.05) is 14.2 Å². The highest BCUT2D eigenvalue weighted by Gasteiger charge is 2.39. The first-order chi connectivity index (χ1) is 8.76. The fraction of sp³-hybridized carbons (Fsp3) is 0.600. The maximum absolute atomic E-state index is 6.10.